The van der Waals surface area contributed by atoms with Crippen molar-refractivity contribution in [2.45, 2.75) is 26.3 Å². The van der Waals surface area contributed by atoms with E-state index in [9.17, 15) is 13.2 Å². The summed E-state index contributed by atoms with van der Waals surface area (Å²) >= 11 is 0. The van der Waals surface area contributed by atoms with Gasteiger partial charge in [0.05, 0.1) is 24.1 Å². The number of sulfonamides is 1. The van der Waals surface area contributed by atoms with Crippen LogP contribution in [0.1, 0.15) is 42.2 Å². The summed E-state index contributed by atoms with van der Waals surface area (Å²) in [6.45, 7) is 4.89. The summed E-state index contributed by atoms with van der Waals surface area (Å²) in [5, 5.41) is 2.95. The van der Waals surface area contributed by atoms with Crippen molar-refractivity contribution in [3.05, 3.63) is 59.7 Å². The quantitative estimate of drug-likeness (QED) is 0.825. The molecule has 1 atom stereocenters. The number of amides is 1. The maximum absolute atomic E-state index is 12.6. The number of rotatable bonds is 6. The van der Waals surface area contributed by atoms with E-state index >= 15 is 0 Å². The lowest BCUT2D eigenvalue weighted by atomic mass is 10.1. The number of ether oxygens (including phenoxy) is 1. The van der Waals surface area contributed by atoms with E-state index in [-0.39, 0.29) is 17.7 Å². The zero-order valence-corrected chi connectivity index (χ0v) is 16.3. The van der Waals surface area contributed by atoms with Crippen LogP contribution in [0, 0.1) is 0 Å². The first-order valence-corrected chi connectivity index (χ1v) is 10.7. The molecule has 0 spiro atoms. The lowest BCUT2D eigenvalue weighted by Crippen LogP contribution is -2.28. The highest BCUT2D eigenvalue weighted by molar-refractivity contribution is 7.93. The second kappa shape index (κ2) is 8.00. The van der Waals surface area contributed by atoms with Crippen LogP contribution in [0.5, 0.6) is 5.75 Å². The van der Waals surface area contributed by atoms with Gasteiger partial charge in [0.25, 0.3) is 5.91 Å². The van der Waals surface area contributed by atoms with Gasteiger partial charge in [0.1, 0.15) is 5.75 Å². The molecule has 1 amide bonds. The number of nitrogens with zero attached hydrogens (tertiary/aromatic N) is 1. The molecule has 144 valence electrons. The van der Waals surface area contributed by atoms with Crippen LogP contribution in [0.2, 0.25) is 0 Å². The number of nitrogens with one attached hydrogen (secondary N) is 1. The van der Waals surface area contributed by atoms with Crippen LogP contribution in [-0.4, -0.2) is 33.2 Å². The van der Waals surface area contributed by atoms with Crippen LogP contribution in [0.3, 0.4) is 0 Å². The first-order valence-electron chi connectivity index (χ1n) is 9.05. The summed E-state index contributed by atoms with van der Waals surface area (Å²) in [6, 6.07) is 14.1. The van der Waals surface area contributed by atoms with Crippen LogP contribution in [0.15, 0.2) is 48.5 Å². The van der Waals surface area contributed by atoms with Gasteiger partial charge in [-0.15, -0.1) is 0 Å². The Kier molecular flexibility index (Phi) is 5.70. The summed E-state index contributed by atoms with van der Waals surface area (Å²) in [6.07, 6.45) is 0.605. The van der Waals surface area contributed by atoms with Crippen LogP contribution in [0.4, 0.5) is 5.69 Å². The first-order chi connectivity index (χ1) is 12.9. The minimum Gasteiger partial charge on any atom is -0.494 e. The predicted octanol–water partition coefficient (Wildman–Crippen LogP) is 3.12. The smallest absolute Gasteiger partial charge is 0.251 e. The van der Waals surface area contributed by atoms with E-state index in [4.69, 9.17) is 4.74 Å². The molecule has 1 heterocycles. The largest absolute Gasteiger partial charge is 0.494 e. The third kappa shape index (κ3) is 4.42. The summed E-state index contributed by atoms with van der Waals surface area (Å²) in [7, 11) is -3.27. The van der Waals surface area contributed by atoms with E-state index in [1.54, 1.807) is 24.3 Å². The molecule has 0 aliphatic carbocycles. The molecule has 0 unspecified atom stereocenters. The van der Waals surface area contributed by atoms with Gasteiger partial charge in [-0.25, -0.2) is 8.42 Å². The lowest BCUT2D eigenvalue weighted by molar-refractivity contribution is 0.0940. The first kappa shape index (κ1) is 19.2. The third-order valence-corrected chi connectivity index (χ3v) is 6.40. The SMILES string of the molecule is CCOc1ccc([C@@H](C)NC(=O)c2cccc(N3CCCS3(=O)=O)c2)cc1. The molecule has 27 heavy (non-hydrogen) atoms. The third-order valence-electron chi connectivity index (χ3n) is 4.53. The van der Waals surface area contributed by atoms with Crippen LogP contribution in [0.25, 0.3) is 0 Å². The second-order valence-corrected chi connectivity index (χ2v) is 8.50. The van der Waals surface area contributed by atoms with Gasteiger partial charge in [-0.3, -0.25) is 9.10 Å². The van der Waals surface area contributed by atoms with Crippen molar-refractivity contribution < 1.29 is 17.9 Å². The van der Waals surface area contributed by atoms with Crippen LogP contribution < -0.4 is 14.4 Å². The van der Waals surface area contributed by atoms with Crippen molar-refractivity contribution in [1.82, 2.24) is 5.32 Å². The minimum absolute atomic E-state index is 0.151. The molecule has 1 fully saturated rings. The molecule has 0 saturated carbocycles. The normalized spacial score (nSPS) is 16.7. The van der Waals surface area contributed by atoms with Crippen molar-refractivity contribution in [2.75, 3.05) is 23.2 Å². The highest BCUT2D eigenvalue weighted by Gasteiger charge is 2.28. The monoisotopic (exact) mass is 388 g/mol. The second-order valence-electron chi connectivity index (χ2n) is 6.49. The van der Waals surface area contributed by atoms with E-state index in [0.29, 0.717) is 30.8 Å². The van der Waals surface area contributed by atoms with Crippen molar-refractivity contribution in [2.24, 2.45) is 0 Å². The number of hydrogen-bond donors (Lipinski definition) is 1. The Balaban J connectivity index is 1.71. The fourth-order valence-corrected chi connectivity index (χ4v) is 4.67. The van der Waals surface area contributed by atoms with Crippen molar-refractivity contribution in [3.8, 4) is 5.75 Å². The van der Waals surface area contributed by atoms with Gasteiger partial charge in [-0.05, 0) is 56.2 Å². The summed E-state index contributed by atoms with van der Waals surface area (Å²) in [5.41, 5.74) is 1.94. The van der Waals surface area contributed by atoms with Crippen molar-refractivity contribution in [3.63, 3.8) is 0 Å². The van der Waals surface area contributed by atoms with E-state index < -0.39 is 10.0 Å². The highest BCUT2D eigenvalue weighted by Crippen LogP contribution is 2.25. The Morgan fingerprint density at radius 2 is 1.96 bits per heavy atom. The molecule has 1 saturated heterocycles. The Morgan fingerprint density at radius 1 is 1.22 bits per heavy atom. The Morgan fingerprint density at radius 3 is 2.59 bits per heavy atom. The molecule has 7 heteroatoms. The number of carbonyl (C=O) groups excluding carboxylic acids is 1. The lowest BCUT2D eigenvalue weighted by Gasteiger charge is -2.18. The van der Waals surface area contributed by atoms with E-state index in [1.165, 1.54) is 4.31 Å². The Hall–Kier alpha value is -2.54. The molecular formula is C20H24N2O4S. The van der Waals surface area contributed by atoms with Crippen molar-refractivity contribution >= 4 is 21.6 Å². The van der Waals surface area contributed by atoms with Crippen molar-refractivity contribution in [1.29, 1.82) is 0 Å². The van der Waals surface area contributed by atoms with Crippen LogP contribution >= 0.6 is 0 Å². The Labute approximate surface area is 160 Å². The molecule has 1 aliphatic heterocycles. The van der Waals surface area contributed by atoms with Crippen LogP contribution in [-0.2, 0) is 10.0 Å². The van der Waals surface area contributed by atoms with Gasteiger partial charge in [0, 0.05) is 12.1 Å². The van der Waals surface area contributed by atoms with E-state index in [2.05, 4.69) is 5.32 Å². The molecule has 2 aromatic carbocycles. The van der Waals surface area contributed by atoms with Gasteiger partial charge in [-0.2, -0.15) is 0 Å². The average molecular weight is 388 g/mol. The topological polar surface area (TPSA) is 75.7 Å². The molecular weight excluding hydrogens is 364 g/mol. The highest BCUT2D eigenvalue weighted by atomic mass is 32.2. The Bertz CT molecular complexity index is 910. The number of anilines is 1. The number of carbonyl (C=O) groups is 1. The summed E-state index contributed by atoms with van der Waals surface area (Å²) in [5.74, 6) is 0.701. The average Bonchev–Trinajstić information content (AvgIpc) is 3.01. The molecule has 1 aliphatic rings. The van der Waals surface area contributed by atoms with E-state index in [0.717, 1.165) is 11.3 Å². The molecule has 6 nitrogen and oxygen atoms in total. The van der Waals surface area contributed by atoms with Gasteiger partial charge in [-0.1, -0.05) is 18.2 Å². The maximum Gasteiger partial charge on any atom is 0.251 e. The zero-order chi connectivity index (χ0) is 19.4. The molecule has 0 bridgehead atoms. The van der Waals surface area contributed by atoms with E-state index in [1.807, 2.05) is 38.1 Å². The standard InChI is InChI=1S/C20H24N2O4S/c1-3-26-19-10-8-16(9-11-19)15(2)21-20(23)17-6-4-7-18(14-17)22-12-5-13-27(22,24)25/h4,6-11,14-15H,3,5,12-13H2,1-2H3,(H,21,23)/t15-/m1/s1. The molecule has 2 aromatic rings. The zero-order valence-electron chi connectivity index (χ0n) is 15.5. The number of hydrogen-bond acceptors (Lipinski definition) is 4. The molecule has 0 radical (unpaired) electrons. The maximum atomic E-state index is 12.6. The van der Waals surface area contributed by atoms with Gasteiger partial charge in [0.2, 0.25) is 10.0 Å². The molecule has 3 rings (SSSR count). The number of benzene rings is 2. The summed E-state index contributed by atoms with van der Waals surface area (Å²) < 4.78 is 31.0. The van der Waals surface area contributed by atoms with Gasteiger partial charge < -0.3 is 10.1 Å². The predicted molar refractivity (Wildman–Crippen MR) is 106 cm³/mol. The molecule has 1 N–H and O–H groups in total. The fraction of sp³-hybridized carbons (Fsp3) is 0.350. The summed E-state index contributed by atoms with van der Waals surface area (Å²) in [4.78, 5) is 12.6. The fourth-order valence-electron chi connectivity index (χ4n) is 3.11. The van der Waals surface area contributed by atoms with Gasteiger partial charge >= 0.3 is 0 Å². The van der Waals surface area contributed by atoms with Gasteiger partial charge in [0.15, 0.2) is 0 Å². The minimum atomic E-state index is -3.27. The molecule has 0 aromatic heterocycles.